The van der Waals surface area contributed by atoms with E-state index in [1.165, 1.54) is 4.68 Å². The monoisotopic (exact) mass is 417 g/mol. The maximum absolute atomic E-state index is 12.5. The van der Waals surface area contributed by atoms with Crippen LogP contribution in [-0.4, -0.2) is 32.3 Å². The van der Waals surface area contributed by atoms with E-state index in [2.05, 4.69) is 20.4 Å². The molecule has 2 heterocycles. The summed E-state index contributed by atoms with van der Waals surface area (Å²) in [7, 11) is 0. The molecular weight excluding hydrogens is 394 g/mol. The summed E-state index contributed by atoms with van der Waals surface area (Å²) in [6, 6.07) is 15.3. The summed E-state index contributed by atoms with van der Waals surface area (Å²) < 4.78 is 7.07. The van der Waals surface area contributed by atoms with Crippen LogP contribution in [0.4, 0.5) is 5.82 Å². The van der Waals surface area contributed by atoms with Crippen LogP contribution < -0.4 is 15.6 Å². The maximum Gasteiger partial charge on any atom is 0.263 e. The highest BCUT2D eigenvalue weighted by molar-refractivity contribution is 5.91. The lowest BCUT2D eigenvalue weighted by Crippen LogP contribution is -2.24. The van der Waals surface area contributed by atoms with Crippen LogP contribution in [0.15, 0.2) is 53.3 Å². The number of amides is 1. The minimum atomic E-state index is -0.349. The van der Waals surface area contributed by atoms with Crippen LogP contribution in [0.5, 0.6) is 5.75 Å². The topological polar surface area (TPSA) is 102 Å². The Bertz CT molecular complexity index is 1320. The van der Waals surface area contributed by atoms with Crippen molar-refractivity contribution < 1.29 is 9.53 Å². The summed E-state index contributed by atoms with van der Waals surface area (Å²) in [5, 5.41) is 9.27. The zero-order chi connectivity index (χ0) is 22.0. The van der Waals surface area contributed by atoms with E-state index < -0.39 is 0 Å². The highest BCUT2D eigenvalue weighted by Gasteiger charge is 2.15. The van der Waals surface area contributed by atoms with Crippen LogP contribution in [0.3, 0.4) is 0 Å². The van der Waals surface area contributed by atoms with Crippen molar-refractivity contribution in [3.63, 3.8) is 0 Å². The zero-order valence-electron chi connectivity index (χ0n) is 17.6. The van der Waals surface area contributed by atoms with E-state index >= 15 is 0 Å². The van der Waals surface area contributed by atoms with Gasteiger partial charge in [0.1, 0.15) is 11.6 Å². The van der Waals surface area contributed by atoms with Crippen molar-refractivity contribution in [2.75, 3.05) is 11.9 Å². The van der Waals surface area contributed by atoms with Crippen molar-refractivity contribution in [3.05, 3.63) is 75.8 Å². The second-order valence-electron chi connectivity index (χ2n) is 7.24. The average Bonchev–Trinajstić information content (AvgIpc) is 3.11. The first-order chi connectivity index (χ1) is 14.9. The minimum Gasteiger partial charge on any atom is -0.484 e. The summed E-state index contributed by atoms with van der Waals surface area (Å²) in [5.41, 5.74) is 1.72. The number of anilines is 1. The SMILES string of the molecule is CCc1c(C)nc(-n2nc(C)cc2NC(=O)COc2ccc3ccccc3c2)[nH]c1=O. The second-order valence-corrected chi connectivity index (χ2v) is 7.24. The molecule has 0 saturated carbocycles. The fourth-order valence-corrected chi connectivity index (χ4v) is 3.45. The Morgan fingerprint density at radius 3 is 2.65 bits per heavy atom. The Morgan fingerprint density at radius 1 is 1.13 bits per heavy atom. The third-order valence-electron chi connectivity index (χ3n) is 4.95. The zero-order valence-corrected chi connectivity index (χ0v) is 17.6. The van der Waals surface area contributed by atoms with E-state index in [0.717, 1.165) is 10.8 Å². The third kappa shape index (κ3) is 4.32. The maximum atomic E-state index is 12.5. The molecule has 0 radical (unpaired) electrons. The largest absolute Gasteiger partial charge is 0.484 e. The fourth-order valence-electron chi connectivity index (χ4n) is 3.45. The van der Waals surface area contributed by atoms with E-state index in [1.807, 2.05) is 49.4 Å². The number of aryl methyl sites for hydroxylation is 2. The van der Waals surface area contributed by atoms with Gasteiger partial charge in [0.05, 0.1) is 5.69 Å². The van der Waals surface area contributed by atoms with Crippen LogP contribution in [-0.2, 0) is 11.2 Å². The Morgan fingerprint density at radius 2 is 1.90 bits per heavy atom. The van der Waals surface area contributed by atoms with Crippen LogP contribution in [0.1, 0.15) is 23.9 Å². The molecule has 0 saturated heterocycles. The Hall–Kier alpha value is -3.94. The normalized spacial score (nSPS) is 10.9. The number of aromatic amines is 1. The highest BCUT2D eigenvalue weighted by atomic mass is 16.5. The van der Waals surface area contributed by atoms with Crippen molar-refractivity contribution >= 4 is 22.5 Å². The van der Waals surface area contributed by atoms with Gasteiger partial charge in [0.25, 0.3) is 11.5 Å². The van der Waals surface area contributed by atoms with Crippen molar-refractivity contribution in [1.29, 1.82) is 0 Å². The summed E-state index contributed by atoms with van der Waals surface area (Å²) in [4.78, 5) is 32.0. The molecule has 0 aliphatic carbocycles. The number of H-pyrrole nitrogens is 1. The van der Waals surface area contributed by atoms with E-state index in [4.69, 9.17) is 4.74 Å². The lowest BCUT2D eigenvalue weighted by molar-refractivity contribution is -0.118. The molecule has 0 spiro atoms. The molecule has 2 aromatic carbocycles. The third-order valence-corrected chi connectivity index (χ3v) is 4.95. The lowest BCUT2D eigenvalue weighted by Gasteiger charge is -2.11. The van der Waals surface area contributed by atoms with Gasteiger partial charge in [-0.1, -0.05) is 37.3 Å². The van der Waals surface area contributed by atoms with E-state index in [-0.39, 0.29) is 24.0 Å². The summed E-state index contributed by atoms with van der Waals surface area (Å²) in [5.74, 6) is 0.906. The number of fused-ring (bicyclic) bond motifs is 1. The van der Waals surface area contributed by atoms with Crippen LogP contribution >= 0.6 is 0 Å². The lowest BCUT2D eigenvalue weighted by atomic mass is 10.1. The average molecular weight is 417 g/mol. The first-order valence-electron chi connectivity index (χ1n) is 10.0. The molecule has 4 rings (SSSR count). The molecule has 8 nitrogen and oxygen atoms in total. The molecule has 0 aliphatic rings. The summed E-state index contributed by atoms with van der Waals surface area (Å²) >= 11 is 0. The van der Waals surface area contributed by atoms with E-state index in [1.54, 1.807) is 19.9 Å². The van der Waals surface area contributed by atoms with Crippen molar-refractivity contribution in [2.24, 2.45) is 0 Å². The van der Waals surface area contributed by atoms with Gasteiger partial charge in [-0.05, 0) is 43.2 Å². The number of rotatable bonds is 6. The molecule has 4 aromatic rings. The van der Waals surface area contributed by atoms with Gasteiger partial charge in [-0.2, -0.15) is 9.78 Å². The van der Waals surface area contributed by atoms with E-state index in [9.17, 15) is 9.59 Å². The molecule has 31 heavy (non-hydrogen) atoms. The summed E-state index contributed by atoms with van der Waals surface area (Å²) in [6.07, 6.45) is 0.586. The number of aromatic nitrogens is 4. The first-order valence-corrected chi connectivity index (χ1v) is 10.0. The molecule has 0 atom stereocenters. The van der Waals surface area contributed by atoms with Gasteiger partial charge in [0.2, 0.25) is 5.95 Å². The predicted molar refractivity (Wildman–Crippen MR) is 119 cm³/mol. The van der Waals surface area contributed by atoms with Gasteiger partial charge in [0, 0.05) is 17.3 Å². The fraction of sp³-hybridized carbons (Fsp3) is 0.217. The van der Waals surface area contributed by atoms with Gasteiger partial charge in [-0.25, -0.2) is 4.98 Å². The number of nitrogens with zero attached hydrogens (tertiary/aromatic N) is 3. The number of hydrogen-bond donors (Lipinski definition) is 2. The molecule has 2 aromatic heterocycles. The Labute approximate surface area is 178 Å². The van der Waals surface area contributed by atoms with Crippen LogP contribution in [0, 0.1) is 13.8 Å². The molecule has 0 aliphatic heterocycles. The second kappa shape index (κ2) is 8.43. The number of nitrogens with one attached hydrogen (secondary N) is 2. The first kappa shape index (κ1) is 20.3. The van der Waals surface area contributed by atoms with Gasteiger partial charge < -0.3 is 10.1 Å². The minimum absolute atomic E-state index is 0.166. The Balaban J connectivity index is 1.50. The quantitative estimate of drug-likeness (QED) is 0.501. The van der Waals surface area contributed by atoms with Crippen LogP contribution in [0.25, 0.3) is 16.7 Å². The van der Waals surface area contributed by atoms with Crippen molar-refractivity contribution in [3.8, 4) is 11.7 Å². The number of benzene rings is 2. The highest BCUT2D eigenvalue weighted by Crippen LogP contribution is 2.21. The smallest absolute Gasteiger partial charge is 0.263 e. The summed E-state index contributed by atoms with van der Waals surface area (Å²) in [6.45, 7) is 5.31. The molecule has 158 valence electrons. The predicted octanol–water partition coefficient (Wildman–Crippen LogP) is 3.31. The number of ether oxygens (including phenoxy) is 1. The molecule has 0 fully saturated rings. The number of carbonyl (C=O) groups is 1. The van der Waals surface area contributed by atoms with Crippen LogP contribution in [0.2, 0.25) is 0 Å². The standard InChI is InChI=1S/C23H23N5O3/c1-4-19-15(3)24-23(26-22(19)30)28-20(11-14(2)27-28)25-21(29)13-31-18-10-9-16-7-5-6-8-17(16)12-18/h5-12H,4,13H2,1-3H3,(H,25,29)(H,24,26,30). The molecule has 8 heteroatoms. The molecule has 0 unspecified atom stereocenters. The Kier molecular flexibility index (Phi) is 5.53. The van der Waals surface area contributed by atoms with Gasteiger partial charge in [-0.15, -0.1) is 0 Å². The van der Waals surface area contributed by atoms with Gasteiger partial charge >= 0.3 is 0 Å². The van der Waals surface area contributed by atoms with Crippen molar-refractivity contribution in [2.45, 2.75) is 27.2 Å². The number of carbonyl (C=O) groups excluding carboxylic acids is 1. The van der Waals surface area contributed by atoms with Gasteiger partial charge in [0.15, 0.2) is 6.61 Å². The van der Waals surface area contributed by atoms with E-state index in [0.29, 0.717) is 34.9 Å². The molecule has 2 N–H and O–H groups in total. The van der Waals surface area contributed by atoms with Crippen molar-refractivity contribution in [1.82, 2.24) is 19.7 Å². The molecular formula is C23H23N5O3. The molecule has 1 amide bonds. The van der Waals surface area contributed by atoms with Gasteiger partial charge in [-0.3, -0.25) is 14.6 Å². The number of hydrogen-bond acceptors (Lipinski definition) is 5. The molecule has 0 bridgehead atoms.